The van der Waals surface area contributed by atoms with E-state index in [1.54, 1.807) is 11.0 Å². The molecular formula is C11H14N4. The SMILES string of the molecule is Cc1cccc(-n2cnc(CN)n2)c1C. The van der Waals surface area contributed by atoms with E-state index in [1.165, 1.54) is 11.1 Å². The lowest BCUT2D eigenvalue weighted by Crippen LogP contribution is -2.02. The summed E-state index contributed by atoms with van der Waals surface area (Å²) in [5.74, 6) is 0.663. The molecule has 0 fully saturated rings. The highest BCUT2D eigenvalue weighted by Crippen LogP contribution is 2.15. The third-order valence-corrected chi connectivity index (χ3v) is 2.54. The zero-order chi connectivity index (χ0) is 10.8. The van der Waals surface area contributed by atoms with Gasteiger partial charge in [-0.15, -0.1) is 5.10 Å². The maximum atomic E-state index is 5.47. The van der Waals surface area contributed by atoms with E-state index in [1.807, 2.05) is 12.1 Å². The Balaban J connectivity index is 2.49. The van der Waals surface area contributed by atoms with Crippen LogP contribution in [-0.2, 0) is 6.54 Å². The Kier molecular flexibility index (Phi) is 2.51. The first kappa shape index (κ1) is 9.86. The summed E-state index contributed by atoms with van der Waals surface area (Å²) in [6.45, 7) is 4.53. The van der Waals surface area contributed by atoms with E-state index < -0.39 is 0 Å². The van der Waals surface area contributed by atoms with Gasteiger partial charge in [0, 0.05) is 0 Å². The van der Waals surface area contributed by atoms with Crippen LogP contribution in [0.3, 0.4) is 0 Å². The number of aryl methyl sites for hydroxylation is 1. The van der Waals surface area contributed by atoms with Crippen molar-refractivity contribution in [3.63, 3.8) is 0 Å². The van der Waals surface area contributed by atoms with Crippen LogP contribution in [-0.4, -0.2) is 14.8 Å². The van der Waals surface area contributed by atoms with Gasteiger partial charge in [-0.05, 0) is 31.0 Å². The van der Waals surface area contributed by atoms with Crippen LogP contribution in [0.4, 0.5) is 0 Å². The van der Waals surface area contributed by atoms with E-state index >= 15 is 0 Å². The first-order valence-electron chi connectivity index (χ1n) is 4.89. The van der Waals surface area contributed by atoms with E-state index in [9.17, 15) is 0 Å². The van der Waals surface area contributed by atoms with Crippen molar-refractivity contribution >= 4 is 0 Å². The Morgan fingerprint density at radius 2 is 2.13 bits per heavy atom. The summed E-state index contributed by atoms with van der Waals surface area (Å²) < 4.78 is 1.77. The number of benzene rings is 1. The maximum absolute atomic E-state index is 5.47. The fourth-order valence-corrected chi connectivity index (χ4v) is 1.49. The van der Waals surface area contributed by atoms with Crippen molar-refractivity contribution < 1.29 is 0 Å². The van der Waals surface area contributed by atoms with Crippen molar-refractivity contribution in [2.24, 2.45) is 5.73 Å². The van der Waals surface area contributed by atoms with Crippen LogP contribution in [0.25, 0.3) is 5.69 Å². The van der Waals surface area contributed by atoms with E-state index in [0.29, 0.717) is 12.4 Å². The summed E-state index contributed by atoms with van der Waals surface area (Å²) >= 11 is 0. The van der Waals surface area contributed by atoms with Crippen LogP contribution in [0, 0.1) is 13.8 Å². The smallest absolute Gasteiger partial charge is 0.164 e. The Bertz CT molecular complexity index is 473. The third kappa shape index (κ3) is 1.76. The van der Waals surface area contributed by atoms with Gasteiger partial charge in [0.1, 0.15) is 6.33 Å². The van der Waals surface area contributed by atoms with Gasteiger partial charge in [-0.2, -0.15) is 0 Å². The van der Waals surface area contributed by atoms with Crippen LogP contribution in [0.2, 0.25) is 0 Å². The van der Waals surface area contributed by atoms with Crippen molar-refractivity contribution in [3.8, 4) is 5.69 Å². The van der Waals surface area contributed by atoms with Gasteiger partial charge in [0.2, 0.25) is 0 Å². The van der Waals surface area contributed by atoms with Crippen molar-refractivity contribution in [2.45, 2.75) is 20.4 Å². The number of hydrogen-bond donors (Lipinski definition) is 1. The molecule has 0 saturated heterocycles. The second-order valence-corrected chi connectivity index (χ2v) is 3.53. The van der Waals surface area contributed by atoms with Gasteiger partial charge in [0.15, 0.2) is 5.82 Å². The number of nitrogens with zero attached hydrogens (tertiary/aromatic N) is 3. The van der Waals surface area contributed by atoms with Crippen LogP contribution in [0.1, 0.15) is 17.0 Å². The molecule has 0 unspecified atom stereocenters. The third-order valence-electron chi connectivity index (χ3n) is 2.54. The lowest BCUT2D eigenvalue weighted by molar-refractivity contribution is 0.824. The molecule has 0 aliphatic carbocycles. The van der Waals surface area contributed by atoms with Crippen LogP contribution < -0.4 is 5.73 Å². The molecule has 0 radical (unpaired) electrons. The molecular weight excluding hydrogens is 188 g/mol. The summed E-state index contributed by atoms with van der Waals surface area (Å²) in [4.78, 5) is 4.11. The predicted molar refractivity (Wildman–Crippen MR) is 58.7 cm³/mol. The first-order chi connectivity index (χ1) is 7.22. The average Bonchev–Trinajstić information content (AvgIpc) is 2.70. The maximum Gasteiger partial charge on any atom is 0.164 e. The van der Waals surface area contributed by atoms with Crippen molar-refractivity contribution in [1.29, 1.82) is 0 Å². The summed E-state index contributed by atoms with van der Waals surface area (Å²) in [7, 11) is 0. The first-order valence-corrected chi connectivity index (χ1v) is 4.89. The Labute approximate surface area is 88.8 Å². The molecule has 0 aliphatic rings. The Hall–Kier alpha value is -1.68. The highest BCUT2D eigenvalue weighted by molar-refractivity contribution is 5.43. The molecule has 0 atom stereocenters. The van der Waals surface area contributed by atoms with Crippen molar-refractivity contribution in [3.05, 3.63) is 41.5 Å². The van der Waals surface area contributed by atoms with E-state index in [2.05, 4.69) is 30.0 Å². The largest absolute Gasteiger partial charge is 0.324 e. The lowest BCUT2D eigenvalue weighted by atomic mass is 10.1. The number of rotatable bonds is 2. The number of nitrogens with two attached hydrogens (primary N) is 1. The molecule has 15 heavy (non-hydrogen) atoms. The van der Waals surface area contributed by atoms with Gasteiger partial charge in [0.25, 0.3) is 0 Å². The normalized spacial score (nSPS) is 10.6. The molecule has 2 N–H and O–H groups in total. The highest BCUT2D eigenvalue weighted by Gasteiger charge is 2.05. The minimum Gasteiger partial charge on any atom is -0.324 e. The van der Waals surface area contributed by atoms with E-state index in [4.69, 9.17) is 5.73 Å². The van der Waals surface area contributed by atoms with E-state index in [0.717, 1.165) is 5.69 Å². The van der Waals surface area contributed by atoms with Crippen LogP contribution in [0.5, 0.6) is 0 Å². The van der Waals surface area contributed by atoms with Gasteiger partial charge in [-0.3, -0.25) is 0 Å². The minimum atomic E-state index is 0.373. The molecule has 1 aromatic heterocycles. The molecule has 0 saturated carbocycles. The van der Waals surface area contributed by atoms with Gasteiger partial charge in [-0.1, -0.05) is 12.1 Å². The predicted octanol–water partition coefficient (Wildman–Crippen LogP) is 1.34. The van der Waals surface area contributed by atoms with E-state index in [-0.39, 0.29) is 0 Å². The molecule has 2 aromatic rings. The van der Waals surface area contributed by atoms with Gasteiger partial charge >= 0.3 is 0 Å². The molecule has 2 rings (SSSR count). The topological polar surface area (TPSA) is 56.7 Å². The summed E-state index contributed by atoms with van der Waals surface area (Å²) in [6.07, 6.45) is 1.70. The minimum absolute atomic E-state index is 0.373. The molecule has 1 heterocycles. The standard InChI is InChI=1S/C11H14N4/c1-8-4-3-5-10(9(8)2)15-7-13-11(6-12)14-15/h3-5,7H,6,12H2,1-2H3. The fourth-order valence-electron chi connectivity index (χ4n) is 1.49. The number of aromatic nitrogens is 3. The van der Waals surface area contributed by atoms with Crippen molar-refractivity contribution in [1.82, 2.24) is 14.8 Å². The monoisotopic (exact) mass is 202 g/mol. The second kappa shape index (κ2) is 3.82. The van der Waals surface area contributed by atoms with Crippen molar-refractivity contribution in [2.75, 3.05) is 0 Å². The van der Waals surface area contributed by atoms with Crippen LogP contribution in [0.15, 0.2) is 24.5 Å². The molecule has 4 nitrogen and oxygen atoms in total. The fraction of sp³-hybridized carbons (Fsp3) is 0.273. The lowest BCUT2D eigenvalue weighted by Gasteiger charge is -2.07. The molecule has 4 heteroatoms. The molecule has 0 amide bonds. The summed E-state index contributed by atoms with van der Waals surface area (Å²) in [5, 5.41) is 4.28. The quantitative estimate of drug-likeness (QED) is 0.799. The Morgan fingerprint density at radius 1 is 1.33 bits per heavy atom. The highest BCUT2D eigenvalue weighted by atomic mass is 15.3. The van der Waals surface area contributed by atoms with Gasteiger partial charge in [0.05, 0.1) is 12.2 Å². The van der Waals surface area contributed by atoms with Gasteiger partial charge in [-0.25, -0.2) is 9.67 Å². The molecule has 1 aromatic carbocycles. The average molecular weight is 202 g/mol. The zero-order valence-electron chi connectivity index (χ0n) is 8.94. The zero-order valence-corrected chi connectivity index (χ0v) is 8.94. The summed E-state index contributed by atoms with van der Waals surface area (Å²) in [5.41, 5.74) is 8.99. The molecule has 78 valence electrons. The molecule has 0 bridgehead atoms. The number of hydrogen-bond acceptors (Lipinski definition) is 3. The van der Waals surface area contributed by atoms with Crippen LogP contribution >= 0.6 is 0 Å². The van der Waals surface area contributed by atoms with Gasteiger partial charge < -0.3 is 5.73 Å². The second-order valence-electron chi connectivity index (χ2n) is 3.53. The summed E-state index contributed by atoms with van der Waals surface area (Å²) in [6, 6.07) is 6.12. The molecule has 0 spiro atoms. The Morgan fingerprint density at radius 3 is 2.80 bits per heavy atom. The molecule has 0 aliphatic heterocycles.